The van der Waals surface area contributed by atoms with Crippen LogP contribution in [0, 0.1) is 0 Å². The average Bonchev–Trinajstić information content (AvgIpc) is 3.33. The number of rotatable bonds is 6. The number of halogens is 4. The van der Waals surface area contributed by atoms with Crippen molar-refractivity contribution in [3.8, 4) is 5.69 Å². The summed E-state index contributed by atoms with van der Waals surface area (Å²) < 4.78 is 47.0. The fourth-order valence-corrected chi connectivity index (χ4v) is 3.69. The van der Waals surface area contributed by atoms with Crippen LogP contribution in [0.5, 0.6) is 0 Å². The molecule has 164 valence electrons. The van der Waals surface area contributed by atoms with Crippen molar-refractivity contribution in [2.24, 2.45) is 0 Å². The second-order valence-electron chi connectivity index (χ2n) is 6.11. The number of thiazole rings is 1. The Morgan fingerprint density at radius 3 is 2.48 bits per heavy atom. The first kappa shape index (κ1) is 22.8. The van der Waals surface area contributed by atoms with Crippen LogP contribution in [0.2, 0.25) is 5.02 Å². The molecule has 0 aliphatic carbocycles. The third-order valence-corrected chi connectivity index (χ3v) is 5.39. The van der Waals surface area contributed by atoms with Crippen LogP contribution in [-0.4, -0.2) is 33.2 Å². The molecule has 1 N–H and O–H groups in total. The Balaban J connectivity index is 2.01. The van der Waals surface area contributed by atoms with Gasteiger partial charge >= 0.3 is 12.1 Å². The Hall–Kier alpha value is -2.92. The van der Waals surface area contributed by atoms with Crippen molar-refractivity contribution in [1.82, 2.24) is 14.8 Å². The van der Waals surface area contributed by atoms with Crippen LogP contribution in [0.15, 0.2) is 30.5 Å². The van der Waals surface area contributed by atoms with Crippen LogP contribution in [0.25, 0.3) is 5.69 Å². The molecule has 1 amide bonds. The topological polar surface area (TPSA) is 86.1 Å². The average molecular weight is 473 g/mol. The van der Waals surface area contributed by atoms with Crippen molar-refractivity contribution in [3.63, 3.8) is 0 Å². The molecule has 31 heavy (non-hydrogen) atoms. The van der Waals surface area contributed by atoms with E-state index in [2.05, 4.69) is 15.4 Å². The minimum Gasteiger partial charge on any atom is -0.461 e. The van der Waals surface area contributed by atoms with Crippen molar-refractivity contribution in [2.75, 3.05) is 11.9 Å². The van der Waals surface area contributed by atoms with Gasteiger partial charge in [0.15, 0.2) is 11.4 Å². The maximum absolute atomic E-state index is 13.8. The summed E-state index contributed by atoms with van der Waals surface area (Å²) >= 11 is 6.78. The zero-order chi connectivity index (χ0) is 22.8. The molecule has 0 radical (unpaired) electrons. The predicted molar refractivity (Wildman–Crippen MR) is 109 cm³/mol. The van der Waals surface area contributed by atoms with Crippen molar-refractivity contribution in [1.29, 1.82) is 0 Å². The zero-order valence-corrected chi connectivity index (χ0v) is 17.9. The number of alkyl halides is 3. The lowest BCUT2D eigenvalue weighted by Crippen LogP contribution is -2.21. The molecule has 0 bridgehead atoms. The molecule has 7 nitrogen and oxygen atoms in total. The normalized spacial score (nSPS) is 11.4. The van der Waals surface area contributed by atoms with E-state index in [9.17, 15) is 22.8 Å². The fraction of sp³-hybridized carbons (Fsp3) is 0.263. The van der Waals surface area contributed by atoms with E-state index in [0.29, 0.717) is 21.1 Å². The van der Waals surface area contributed by atoms with Crippen LogP contribution in [0.4, 0.5) is 18.2 Å². The van der Waals surface area contributed by atoms with Gasteiger partial charge in [-0.1, -0.05) is 18.5 Å². The van der Waals surface area contributed by atoms with E-state index >= 15 is 0 Å². The highest BCUT2D eigenvalue weighted by Gasteiger charge is 2.41. The standard InChI is InChI=1S/C19H16ClF3N4O3S/c1-3-13-25-14(18(29)30-4-2)17(31-13)26-16(28)12-9-24-27(15(12)19(21,22)23)11-7-5-10(20)6-8-11/h5-9H,3-4H2,1-2H3,(H,26,28). The van der Waals surface area contributed by atoms with Gasteiger partial charge in [0, 0.05) is 5.02 Å². The van der Waals surface area contributed by atoms with Gasteiger partial charge in [0.25, 0.3) is 5.91 Å². The Morgan fingerprint density at radius 2 is 1.90 bits per heavy atom. The maximum atomic E-state index is 13.8. The molecule has 1 aromatic carbocycles. The predicted octanol–water partition coefficient (Wildman–Crippen LogP) is 4.99. The quantitative estimate of drug-likeness (QED) is 0.511. The number of carbonyl (C=O) groups is 2. The second kappa shape index (κ2) is 9.06. The van der Waals surface area contributed by atoms with Gasteiger partial charge in [0.05, 0.1) is 29.1 Å². The summed E-state index contributed by atoms with van der Waals surface area (Å²) in [4.78, 5) is 29.0. The Kier molecular flexibility index (Phi) is 6.65. The molecule has 0 spiro atoms. The van der Waals surface area contributed by atoms with Crippen LogP contribution in [-0.2, 0) is 17.3 Å². The molecule has 0 fully saturated rings. The number of nitrogens with one attached hydrogen (secondary N) is 1. The third-order valence-electron chi connectivity index (χ3n) is 4.02. The van der Waals surface area contributed by atoms with Crippen molar-refractivity contribution >= 4 is 39.8 Å². The summed E-state index contributed by atoms with van der Waals surface area (Å²) in [7, 11) is 0. The molecule has 0 unspecified atom stereocenters. The molecule has 0 saturated carbocycles. The number of benzene rings is 1. The molecule has 12 heteroatoms. The first-order chi connectivity index (χ1) is 14.7. The first-order valence-corrected chi connectivity index (χ1v) is 10.2. The smallest absolute Gasteiger partial charge is 0.434 e. The van der Waals surface area contributed by atoms with E-state index in [0.717, 1.165) is 17.5 Å². The third kappa shape index (κ3) is 4.88. The number of aryl methyl sites for hydroxylation is 1. The molecule has 3 aromatic rings. The molecular weight excluding hydrogens is 457 g/mol. The van der Waals surface area contributed by atoms with Gasteiger partial charge in [-0.2, -0.15) is 18.3 Å². The number of hydrogen-bond acceptors (Lipinski definition) is 6. The number of ether oxygens (including phenoxy) is 1. The van der Waals surface area contributed by atoms with Gasteiger partial charge in [-0.3, -0.25) is 4.79 Å². The molecule has 0 aliphatic heterocycles. The number of carbonyl (C=O) groups excluding carboxylic acids is 2. The number of amides is 1. The van der Waals surface area contributed by atoms with Crippen LogP contribution in [0.3, 0.4) is 0 Å². The SMILES string of the molecule is CCOC(=O)c1nc(CC)sc1NC(=O)c1cnn(-c2ccc(Cl)cc2)c1C(F)(F)F. The molecule has 3 rings (SSSR count). The minimum atomic E-state index is -4.88. The number of esters is 1. The van der Waals surface area contributed by atoms with E-state index in [1.165, 1.54) is 24.3 Å². The fourth-order valence-electron chi connectivity index (χ4n) is 2.67. The highest BCUT2D eigenvalue weighted by atomic mass is 35.5. The van der Waals surface area contributed by atoms with Crippen molar-refractivity contribution in [2.45, 2.75) is 26.4 Å². The molecule has 2 heterocycles. The van der Waals surface area contributed by atoms with E-state index in [1.54, 1.807) is 13.8 Å². The van der Waals surface area contributed by atoms with Gasteiger partial charge in [0.2, 0.25) is 0 Å². The maximum Gasteiger partial charge on any atom is 0.434 e. The molecule has 0 saturated heterocycles. The van der Waals surface area contributed by atoms with Crippen LogP contribution in [0.1, 0.15) is 45.4 Å². The van der Waals surface area contributed by atoms with Crippen LogP contribution >= 0.6 is 22.9 Å². The zero-order valence-electron chi connectivity index (χ0n) is 16.3. The summed E-state index contributed by atoms with van der Waals surface area (Å²) in [5.41, 5.74) is -2.04. The second-order valence-corrected chi connectivity index (χ2v) is 7.63. The lowest BCUT2D eigenvalue weighted by atomic mass is 10.2. The highest BCUT2D eigenvalue weighted by Crippen LogP contribution is 2.35. The lowest BCUT2D eigenvalue weighted by molar-refractivity contribution is -0.143. The van der Waals surface area contributed by atoms with E-state index in [-0.39, 0.29) is 23.0 Å². The summed E-state index contributed by atoms with van der Waals surface area (Å²) in [6.07, 6.45) is -3.59. The summed E-state index contributed by atoms with van der Waals surface area (Å²) in [6, 6.07) is 5.52. The minimum absolute atomic E-state index is 0.00710. The Morgan fingerprint density at radius 1 is 1.23 bits per heavy atom. The number of aromatic nitrogens is 3. The Labute approximate surface area is 183 Å². The van der Waals surface area contributed by atoms with Gasteiger partial charge in [-0.15, -0.1) is 11.3 Å². The molecular formula is C19H16ClF3N4O3S. The first-order valence-electron chi connectivity index (χ1n) is 9.05. The van der Waals surface area contributed by atoms with Gasteiger partial charge < -0.3 is 10.1 Å². The highest BCUT2D eigenvalue weighted by molar-refractivity contribution is 7.16. The summed E-state index contributed by atoms with van der Waals surface area (Å²) in [5, 5.41) is 6.96. The summed E-state index contributed by atoms with van der Waals surface area (Å²) in [5.74, 6) is -1.86. The Bertz CT molecular complexity index is 1110. The van der Waals surface area contributed by atoms with E-state index in [4.69, 9.17) is 16.3 Å². The lowest BCUT2D eigenvalue weighted by Gasteiger charge is -2.13. The molecule has 0 atom stereocenters. The number of hydrogen-bond donors (Lipinski definition) is 1. The van der Waals surface area contributed by atoms with E-state index in [1.807, 2.05) is 0 Å². The van der Waals surface area contributed by atoms with Gasteiger partial charge in [-0.05, 0) is 37.6 Å². The monoisotopic (exact) mass is 472 g/mol. The van der Waals surface area contributed by atoms with Crippen LogP contribution < -0.4 is 5.32 Å². The number of nitrogens with zero attached hydrogens (tertiary/aromatic N) is 3. The van der Waals surface area contributed by atoms with Gasteiger partial charge in [-0.25, -0.2) is 14.5 Å². The number of anilines is 1. The molecule has 2 aromatic heterocycles. The van der Waals surface area contributed by atoms with E-state index < -0.39 is 29.3 Å². The van der Waals surface area contributed by atoms with Gasteiger partial charge in [0.1, 0.15) is 5.00 Å². The van der Waals surface area contributed by atoms with Crippen molar-refractivity contribution in [3.05, 3.63) is 57.4 Å². The van der Waals surface area contributed by atoms with Crippen molar-refractivity contribution < 1.29 is 27.5 Å². The summed E-state index contributed by atoms with van der Waals surface area (Å²) in [6.45, 7) is 3.47. The molecule has 0 aliphatic rings. The largest absolute Gasteiger partial charge is 0.461 e.